The Morgan fingerprint density at radius 2 is 2.00 bits per heavy atom. The number of alkyl carbamates (subject to hydrolysis) is 1. The van der Waals surface area contributed by atoms with E-state index in [2.05, 4.69) is 10.6 Å². The molecule has 16 heavy (non-hydrogen) atoms. The highest BCUT2D eigenvalue weighted by molar-refractivity contribution is 5.85. The molecule has 1 amide bonds. The van der Waals surface area contributed by atoms with E-state index in [1.165, 1.54) is 0 Å². The molecule has 1 heterocycles. The van der Waals surface area contributed by atoms with E-state index in [-0.39, 0.29) is 24.5 Å². The topological polar surface area (TPSA) is 50.4 Å². The molecule has 0 aromatic heterocycles. The van der Waals surface area contributed by atoms with Crippen molar-refractivity contribution in [1.82, 2.24) is 10.6 Å². The second kappa shape index (κ2) is 6.97. The molecule has 0 bridgehead atoms. The van der Waals surface area contributed by atoms with Crippen LogP contribution in [0, 0.1) is 0 Å². The second-order valence-electron chi connectivity index (χ2n) is 5.02. The summed E-state index contributed by atoms with van der Waals surface area (Å²) in [6.07, 6.45) is 2.83. The van der Waals surface area contributed by atoms with Crippen LogP contribution in [0.25, 0.3) is 0 Å². The van der Waals surface area contributed by atoms with Crippen LogP contribution in [0.1, 0.15) is 40.0 Å². The SMILES string of the molecule is CC(C)(C)OC(=O)NC1CCCNCC1.Cl. The fraction of sp³-hybridized carbons (Fsp3) is 0.909. The molecule has 1 rings (SSSR count). The third-order valence-electron chi connectivity index (χ3n) is 2.30. The average molecular weight is 251 g/mol. The summed E-state index contributed by atoms with van der Waals surface area (Å²) in [5.74, 6) is 0. The quantitative estimate of drug-likeness (QED) is 0.749. The van der Waals surface area contributed by atoms with Crippen LogP contribution < -0.4 is 10.6 Å². The van der Waals surface area contributed by atoms with Crippen LogP contribution in [0.2, 0.25) is 0 Å². The first-order valence-electron chi connectivity index (χ1n) is 5.67. The van der Waals surface area contributed by atoms with Gasteiger partial charge in [0.15, 0.2) is 0 Å². The van der Waals surface area contributed by atoms with Gasteiger partial charge in [0.2, 0.25) is 0 Å². The number of amides is 1. The number of carbonyl (C=O) groups excluding carboxylic acids is 1. The Kier molecular flexibility index (Phi) is 6.76. The number of rotatable bonds is 1. The Hall–Kier alpha value is -0.480. The van der Waals surface area contributed by atoms with Crippen molar-refractivity contribution in [2.75, 3.05) is 13.1 Å². The van der Waals surface area contributed by atoms with Gasteiger partial charge in [-0.05, 0) is 53.1 Å². The first-order chi connectivity index (χ1) is 6.97. The smallest absolute Gasteiger partial charge is 0.407 e. The van der Waals surface area contributed by atoms with E-state index in [1.54, 1.807) is 0 Å². The average Bonchev–Trinajstić information content (AvgIpc) is 2.28. The number of ether oxygens (including phenoxy) is 1. The lowest BCUT2D eigenvalue weighted by molar-refractivity contribution is 0.0501. The first kappa shape index (κ1) is 15.5. The number of hydrogen-bond donors (Lipinski definition) is 2. The largest absolute Gasteiger partial charge is 0.444 e. The highest BCUT2D eigenvalue weighted by atomic mass is 35.5. The molecule has 1 atom stereocenters. The molecule has 0 aromatic rings. The van der Waals surface area contributed by atoms with Gasteiger partial charge in [-0.3, -0.25) is 0 Å². The van der Waals surface area contributed by atoms with Crippen molar-refractivity contribution in [1.29, 1.82) is 0 Å². The third-order valence-corrected chi connectivity index (χ3v) is 2.30. The Morgan fingerprint density at radius 3 is 2.62 bits per heavy atom. The van der Waals surface area contributed by atoms with Crippen molar-refractivity contribution in [3.63, 3.8) is 0 Å². The lowest BCUT2D eigenvalue weighted by Crippen LogP contribution is -2.39. The zero-order chi connectivity index (χ0) is 11.3. The van der Waals surface area contributed by atoms with Crippen LogP contribution >= 0.6 is 12.4 Å². The van der Waals surface area contributed by atoms with Gasteiger partial charge in [-0.25, -0.2) is 4.79 Å². The summed E-state index contributed by atoms with van der Waals surface area (Å²) in [6, 6.07) is 0.259. The summed E-state index contributed by atoms with van der Waals surface area (Å²) in [5.41, 5.74) is -0.410. The van der Waals surface area contributed by atoms with Crippen LogP contribution in [0.3, 0.4) is 0 Å². The van der Waals surface area contributed by atoms with Gasteiger partial charge in [0.25, 0.3) is 0 Å². The number of carbonyl (C=O) groups is 1. The normalized spacial score (nSPS) is 21.6. The maximum Gasteiger partial charge on any atom is 0.407 e. The fourth-order valence-electron chi connectivity index (χ4n) is 1.64. The number of halogens is 1. The molecule has 0 radical (unpaired) electrons. The molecule has 0 aromatic carbocycles. The van der Waals surface area contributed by atoms with Crippen molar-refractivity contribution in [3.8, 4) is 0 Å². The molecule has 1 fully saturated rings. The molecule has 1 saturated heterocycles. The summed E-state index contributed by atoms with van der Waals surface area (Å²) < 4.78 is 5.21. The van der Waals surface area contributed by atoms with E-state index in [0.717, 1.165) is 32.4 Å². The van der Waals surface area contributed by atoms with Crippen molar-refractivity contribution in [3.05, 3.63) is 0 Å². The fourth-order valence-corrected chi connectivity index (χ4v) is 1.64. The Morgan fingerprint density at radius 1 is 1.31 bits per heavy atom. The molecule has 5 heteroatoms. The van der Waals surface area contributed by atoms with Gasteiger partial charge in [0, 0.05) is 6.04 Å². The van der Waals surface area contributed by atoms with Gasteiger partial charge in [-0.15, -0.1) is 12.4 Å². The predicted octanol–water partition coefficient (Wildman–Crippen LogP) is 2.08. The number of nitrogens with one attached hydrogen (secondary N) is 2. The lowest BCUT2D eigenvalue weighted by atomic mass is 10.1. The molecule has 0 aliphatic carbocycles. The van der Waals surface area contributed by atoms with Crippen molar-refractivity contribution in [2.45, 2.75) is 51.7 Å². The van der Waals surface area contributed by atoms with E-state index in [9.17, 15) is 4.79 Å². The Labute approximate surface area is 104 Å². The molecule has 96 valence electrons. The minimum Gasteiger partial charge on any atom is -0.444 e. The Balaban J connectivity index is 0.00000225. The van der Waals surface area contributed by atoms with Crippen LogP contribution in [0.4, 0.5) is 4.79 Å². The molecule has 2 N–H and O–H groups in total. The van der Waals surface area contributed by atoms with Gasteiger partial charge in [-0.1, -0.05) is 0 Å². The minimum absolute atomic E-state index is 0. The molecule has 1 unspecified atom stereocenters. The van der Waals surface area contributed by atoms with Crippen LogP contribution in [0.15, 0.2) is 0 Å². The van der Waals surface area contributed by atoms with Gasteiger partial charge in [0.05, 0.1) is 0 Å². The summed E-state index contributed by atoms with van der Waals surface area (Å²) in [5, 5.41) is 6.22. The molecule has 1 aliphatic heterocycles. The van der Waals surface area contributed by atoms with E-state index in [0.29, 0.717) is 0 Å². The van der Waals surface area contributed by atoms with E-state index in [1.807, 2.05) is 20.8 Å². The second-order valence-corrected chi connectivity index (χ2v) is 5.02. The zero-order valence-corrected chi connectivity index (χ0v) is 11.2. The summed E-state index contributed by atoms with van der Waals surface area (Å²) in [7, 11) is 0. The molecular formula is C11H23ClN2O2. The van der Waals surface area contributed by atoms with Crippen molar-refractivity contribution in [2.24, 2.45) is 0 Å². The predicted molar refractivity (Wildman–Crippen MR) is 67.1 cm³/mol. The van der Waals surface area contributed by atoms with Crippen LogP contribution in [-0.2, 0) is 4.74 Å². The maximum atomic E-state index is 11.5. The van der Waals surface area contributed by atoms with E-state index < -0.39 is 5.60 Å². The number of hydrogen-bond acceptors (Lipinski definition) is 3. The molecule has 0 saturated carbocycles. The van der Waals surface area contributed by atoms with Crippen LogP contribution in [0.5, 0.6) is 0 Å². The van der Waals surface area contributed by atoms with Crippen molar-refractivity contribution < 1.29 is 9.53 Å². The molecular weight excluding hydrogens is 228 g/mol. The maximum absolute atomic E-state index is 11.5. The summed E-state index contributed by atoms with van der Waals surface area (Å²) >= 11 is 0. The highest BCUT2D eigenvalue weighted by Crippen LogP contribution is 2.09. The third kappa shape index (κ3) is 6.90. The van der Waals surface area contributed by atoms with Crippen molar-refractivity contribution >= 4 is 18.5 Å². The first-order valence-corrected chi connectivity index (χ1v) is 5.67. The van der Waals surface area contributed by atoms with Gasteiger partial charge >= 0.3 is 6.09 Å². The van der Waals surface area contributed by atoms with Crippen LogP contribution in [-0.4, -0.2) is 30.8 Å². The molecule has 1 aliphatic rings. The monoisotopic (exact) mass is 250 g/mol. The lowest BCUT2D eigenvalue weighted by Gasteiger charge is -2.22. The molecule has 0 spiro atoms. The molecule has 4 nitrogen and oxygen atoms in total. The van der Waals surface area contributed by atoms with E-state index in [4.69, 9.17) is 4.74 Å². The summed E-state index contributed by atoms with van der Waals surface area (Å²) in [6.45, 7) is 7.65. The van der Waals surface area contributed by atoms with E-state index >= 15 is 0 Å². The highest BCUT2D eigenvalue weighted by Gasteiger charge is 2.19. The minimum atomic E-state index is -0.410. The Bertz CT molecular complexity index is 209. The van der Waals surface area contributed by atoms with Gasteiger partial charge in [0.1, 0.15) is 5.60 Å². The standard InChI is InChI=1S/C11H22N2O2.ClH/c1-11(2,3)15-10(14)13-9-5-4-7-12-8-6-9;/h9,12H,4-8H2,1-3H3,(H,13,14);1H. The van der Waals surface area contributed by atoms with Gasteiger partial charge in [-0.2, -0.15) is 0 Å². The van der Waals surface area contributed by atoms with Gasteiger partial charge < -0.3 is 15.4 Å². The zero-order valence-electron chi connectivity index (χ0n) is 10.3. The summed E-state index contributed by atoms with van der Waals surface area (Å²) in [4.78, 5) is 11.5.